The van der Waals surface area contributed by atoms with Crippen molar-refractivity contribution < 1.29 is 4.74 Å². The standard InChI is InChI=1S/C29H29N5OS2/c30-29(28-6-3-17-36-28)32-20-7-9-21(10-8-20)34-15-14-31-19-22(34)13-16-35-23-11-12-27-25(18-23)33-24-4-1-2-5-26(24)37-27/h1-12,17-18,22,31,33H,13-16,19H2,(H2,30,32). The van der Waals surface area contributed by atoms with E-state index in [1.54, 1.807) is 23.1 Å². The van der Waals surface area contributed by atoms with Crippen molar-refractivity contribution in [1.29, 1.82) is 0 Å². The zero-order valence-electron chi connectivity index (χ0n) is 20.4. The lowest BCUT2D eigenvalue weighted by molar-refractivity contribution is 0.286. The fourth-order valence-corrected chi connectivity index (χ4v) is 6.31. The lowest BCUT2D eigenvalue weighted by Crippen LogP contribution is -2.52. The smallest absolute Gasteiger partial charge is 0.141 e. The van der Waals surface area contributed by atoms with Gasteiger partial charge in [0.25, 0.3) is 0 Å². The summed E-state index contributed by atoms with van der Waals surface area (Å²) in [5.74, 6) is 1.45. The fourth-order valence-electron chi connectivity index (χ4n) is 4.72. The molecule has 0 spiro atoms. The quantitative estimate of drug-likeness (QED) is 0.172. The molecule has 1 unspecified atom stereocenters. The van der Waals surface area contributed by atoms with Gasteiger partial charge in [-0.3, -0.25) is 0 Å². The first-order chi connectivity index (χ1) is 18.2. The van der Waals surface area contributed by atoms with Crippen LogP contribution in [0.1, 0.15) is 11.3 Å². The second-order valence-corrected chi connectivity index (χ2v) is 11.1. The van der Waals surface area contributed by atoms with Gasteiger partial charge in [-0.15, -0.1) is 11.3 Å². The lowest BCUT2D eigenvalue weighted by Gasteiger charge is -2.38. The third-order valence-electron chi connectivity index (χ3n) is 6.60. The number of rotatable bonds is 7. The van der Waals surface area contributed by atoms with Gasteiger partial charge in [-0.2, -0.15) is 0 Å². The van der Waals surface area contributed by atoms with Crippen LogP contribution >= 0.6 is 23.1 Å². The highest BCUT2D eigenvalue weighted by molar-refractivity contribution is 7.99. The van der Waals surface area contributed by atoms with Crippen LogP contribution in [0.4, 0.5) is 22.7 Å². The number of nitrogens with two attached hydrogens (primary N) is 1. The molecule has 1 aromatic heterocycles. The molecule has 1 fully saturated rings. The van der Waals surface area contributed by atoms with Crippen LogP contribution in [0.3, 0.4) is 0 Å². The molecule has 2 aliphatic rings. The first-order valence-electron chi connectivity index (χ1n) is 12.5. The molecule has 0 radical (unpaired) electrons. The highest BCUT2D eigenvalue weighted by Gasteiger charge is 2.23. The number of fused-ring (bicyclic) bond motifs is 2. The first kappa shape index (κ1) is 23.9. The lowest BCUT2D eigenvalue weighted by atomic mass is 10.1. The average molecular weight is 528 g/mol. The molecule has 1 atom stereocenters. The molecule has 8 heteroatoms. The van der Waals surface area contributed by atoms with Gasteiger partial charge in [-0.05, 0) is 60.0 Å². The predicted molar refractivity (Wildman–Crippen MR) is 156 cm³/mol. The van der Waals surface area contributed by atoms with Crippen LogP contribution in [0, 0.1) is 0 Å². The molecule has 37 heavy (non-hydrogen) atoms. The van der Waals surface area contributed by atoms with Gasteiger partial charge in [0, 0.05) is 53.6 Å². The summed E-state index contributed by atoms with van der Waals surface area (Å²) in [6.45, 7) is 3.53. The number of ether oxygens (including phenoxy) is 1. The normalized spacial score (nSPS) is 17.0. The number of hydrogen-bond acceptors (Lipinski definition) is 7. The van der Waals surface area contributed by atoms with Gasteiger partial charge >= 0.3 is 0 Å². The molecule has 0 saturated carbocycles. The molecule has 2 aliphatic heterocycles. The first-order valence-corrected chi connectivity index (χ1v) is 14.2. The van der Waals surface area contributed by atoms with E-state index in [-0.39, 0.29) is 0 Å². The summed E-state index contributed by atoms with van der Waals surface area (Å²) in [6.07, 6.45) is 0.931. The minimum absolute atomic E-state index is 0.359. The Morgan fingerprint density at radius 1 is 1.00 bits per heavy atom. The second kappa shape index (κ2) is 10.9. The maximum Gasteiger partial charge on any atom is 0.141 e. The number of amidine groups is 1. The van der Waals surface area contributed by atoms with E-state index in [9.17, 15) is 0 Å². The number of anilines is 3. The molecular formula is C29H29N5OS2. The van der Waals surface area contributed by atoms with Crippen molar-refractivity contribution in [3.05, 3.63) is 89.1 Å². The SMILES string of the molecule is NC(=Nc1ccc(N2CCNCC2CCOc2ccc3c(c2)Nc2ccccc2S3)cc1)c1cccs1. The van der Waals surface area contributed by atoms with Crippen molar-refractivity contribution >= 4 is 51.7 Å². The number of benzene rings is 3. The number of para-hydroxylation sites is 1. The number of thiophene rings is 1. The van der Waals surface area contributed by atoms with Crippen molar-refractivity contribution in [1.82, 2.24) is 5.32 Å². The maximum absolute atomic E-state index is 6.21. The highest BCUT2D eigenvalue weighted by Crippen LogP contribution is 2.45. The van der Waals surface area contributed by atoms with Gasteiger partial charge in [-0.1, -0.05) is 30.0 Å². The van der Waals surface area contributed by atoms with Crippen molar-refractivity contribution in [3.63, 3.8) is 0 Å². The van der Waals surface area contributed by atoms with Crippen molar-refractivity contribution in [2.24, 2.45) is 10.7 Å². The molecule has 188 valence electrons. The molecular weight excluding hydrogens is 498 g/mol. The Kier molecular flexibility index (Phi) is 7.03. The summed E-state index contributed by atoms with van der Waals surface area (Å²) < 4.78 is 6.21. The monoisotopic (exact) mass is 527 g/mol. The fraction of sp³-hybridized carbons (Fsp3) is 0.207. The number of nitrogens with zero attached hydrogens (tertiary/aromatic N) is 2. The number of hydrogen-bond donors (Lipinski definition) is 3. The van der Waals surface area contributed by atoms with Crippen LogP contribution in [0.25, 0.3) is 0 Å². The van der Waals surface area contributed by atoms with Crippen molar-refractivity contribution in [3.8, 4) is 5.75 Å². The van der Waals surface area contributed by atoms with Crippen LogP contribution in [0.5, 0.6) is 5.75 Å². The van der Waals surface area contributed by atoms with Gasteiger partial charge in [0.05, 0.1) is 28.5 Å². The Bertz CT molecular complexity index is 1390. The molecule has 3 heterocycles. The minimum Gasteiger partial charge on any atom is -0.493 e. The van der Waals surface area contributed by atoms with Gasteiger partial charge < -0.3 is 26.0 Å². The Hall–Kier alpha value is -3.46. The molecule has 4 N–H and O–H groups in total. The predicted octanol–water partition coefficient (Wildman–Crippen LogP) is 6.24. The molecule has 0 bridgehead atoms. The molecule has 1 saturated heterocycles. The van der Waals surface area contributed by atoms with E-state index < -0.39 is 0 Å². The summed E-state index contributed by atoms with van der Waals surface area (Å²) >= 11 is 3.39. The van der Waals surface area contributed by atoms with Crippen LogP contribution in [0.2, 0.25) is 0 Å². The third-order valence-corrected chi connectivity index (χ3v) is 8.65. The van der Waals surface area contributed by atoms with Gasteiger partial charge in [0.2, 0.25) is 0 Å². The van der Waals surface area contributed by atoms with Crippen molar-refractivity contribution in [2.45, 2.75) is 22.3 Å². The Labute approximate surface area is 225 Å². The Morgan fingerprint density at radius 3 is 2.73 bits per heavy atom. The number of aliphatic imine (C=N–C) groups is 1. The molecule has 3 aromatic carbocycles. The van der Waals surface area contributed by atoms with Crippen LogP contribution in [-0.2, 0) is 0 Å². The van der Waals surface area contributed by atoms with E-state index in [4.69, 9.17) is 10.5 Å². The van der Waals surface area contributed by atoms with E-state index in [0.717, 1.165) is 53.7 Å². The van der Waals surface area contributed by atoms with Crippen LogP contribution in [-0.4, -0.2) is 38.1 Å². The molecule has 0 aliphatic carbocycles. The van der Waals surface area contributed by atoms with Crippen LogP contribution in [0.15, 0.2) is 99.0 Å². The Balaban J connectivity index is 1.08. The highest BCUT2D eigenvalue weighted by atomic mass is 32.2. The zero-order chi connectivity index (χ0) is 25.0. The zero-order valence-corrected chi connectivity index (χ0v) is 22.0. The second-order valence-electron chi connectivity index (χ2n) is 9.06. The van der Waals surface area contributed by atoms with E-state index in [0.29, 0.717) is 18.5 Å². The third kappa shape index (κ3) is 5.46. The minimum atomic E-state index is 0.359. The molecule has 0 amide bonds. The molecule has 6 rings (SSSR count). The summed E-state index contributed by atoms with van der Waals surface area (Å²) in [7, 11) is 0. The van der Waals surface area contributed by atoms with Crippen molar-refractivity contribution in [2.75, 3.05) is 36.5 Å². The molecule has 4 aromatic rings. The summed E-state index contributed by atoms with van der Waals surface area (Å²) in [4.78, 5) is 10.5. The van der Waals surface area contributed by atoms with Gasteiger partial charge in [0.1, 0.15) is 11.6 Å². The number of nitrogens with one attached hydrogen (secondary N) is 2. The summed E-state index contributed by atoms with van der Waals surface area (Å²) in [5.41, 5.74) is 10.5. The average Bonchev–Trinajstić information content (AvgIpc) is 3.48. The van der Waals surface area contributed by atoms with Crippen LogP contribution < -0.4 is 26.0 Å². The van der Waals surface area contributed by atoms with Gasteiger partial charge in [0.15, 0.2) is 0 Å². The maximum atomic E-state index is 6.21. The Morgan fingerprint density at radius 2 is 1.86 bits per heavy atom. The van der Waals surface area contributed by atoms with E-state index in [2.05, 4.69) is 75.1 Å². The van der Waals surface area contributed by atoms with E-state index in [1.807, 2.05) is 29.6 Å². The van der Waals surface area contributed by atoms with E-state index >= 15 is 0 Å². The van der Waals surface area contributed by atoms with E-state index in [1.165, 1.54) is 15.5 Å². The topological polar surface area (TPSA) is 74.9 Å². The van der Waals surface area contributed by atoms with Gasteiger partial charge in [-0.25, -0.2) is 4.99 Å². The number of piperazine rings is 1. The summed E-state index contributed by atoms with van der Waals surface area (Å²) in [6, 6.07) is 27.4. The summed E-state index contributed by atoms with van der Waals surface area (Å²) in [5, 5.41) is 9.09. The largest absolute Gasteiger partial charge is 0.493 e. The molecule has 6 nitrogen and oxygen atoms in total.